The third-order valence-electron chi connectivity index (χ3n) is 0.951. The Morgan fingerprint density at radius 1 is 1.80 bits per heavy atom. The third kappa shape index (κ3) is 1.99. The number of nitrogens with one attached hydrogen (secondary N) is 1. The molecule has 1 heterocycles. The smallest absolute Gasteiger partial charge is 0.108 e. The zero-order chi connectivity index (χ0) is 7.23. The lowest BCUT2D eigenvalue weighted by Gasteiger charge is -1.93. The Bertz CT molecular complexity index is 183. The van der Waals surface area contributed by atoms with Crippen LogP contribution in [0.4, 0.5) is 0 Å². The Labute approximate surface area is 58.9 Å². The highest BCUT2D eigenvalue weighted by Crippen LogP contribution is 1.91. The standard InChI is InChI=1S/C6H9N3O/c1-2-3-10-5-6-4-7-9-8-6/h2,4H,1,3,5H2,(H,7,8,9). The summed E-state index contributed by atoms with van der Waals surface area (Å²) in [4.78, 5) is 0. The first-order chi connectivity index (χ1) is 4.93. The molecule has 0 aliphatic carbocycles. The van der Waals surface area contributed by atoms with Crippen molar-refractivity contribution in [2.24, 2.45) is 0 Å². The maximum absolute atomic E-state index is 5.09. The van der Waals surface area contributed by atoms with Gasteiger partial charge in [0, 0.05) is 0 Å². The van der Waals surface area contributed by atoms with Crippen molar-refractivity contribution in [2.45, 2.75) is 6.61 Å². The number of nitrogens with zero attached hydrogens (tertiary/aromatic N) is 2. The second kappa shape index (κ2) is 3.79. The lowest BCUT2D eigenvalue weighted by atomic mass is 10.5. The Morgan fingerprint density at radius 2 is 2.70 bits per heavy atom. The summed E-state index contributed by atoms with van der Waals surface area (Å²) in [6.07, 6.45) is 3.32. The first-order valence-electron chi connectivity index (χ1n) is 2.97. The van der Waals surface area contributed by atoms with Gasteiger partial charge in [0.1, 0.15) is 5.69 Å². The van der Waals surface area contributed by atoms with E-state index >= 15 is 0 Å². The SMILES string of the molecule is C=CCOCc1cn[nH]n1. The summed E-state index contributed by atoms with van der Waals surface area (Å²) in [5.74, 6) is 0. The fourth-order valence-electron chi connectivity index (χ4n) is 0.542. The Balaban J connectivity index is 2.21. The van der Waals surface area contributed by atoms with E-state index in [1.165, 1.54) is 0 Å². The van der Waals surface area contributed by atoms with Crippen molar-refractivity contribution < 1.29 is 4.74 Å². The second-order valence-corrected chi connectivity index (χ2v) is 1.77. The fourth-order valence-corrected chi connectivity index (χ4v) is 0.542. The molecule has 0 bridgehead atoms. The van der Waals surface area contributed by atoms with Gasteiger partial charge >= 0.3 is 0 Å². The monoisotopic (exact) mass is 139 g/mol. The van der Waals surface area contributed by atoms with Gasteiger partial charge in [0.25, 0.3) is 0 Å². The molecule has 0 amide bonds. The minimum atomic E-state index is 0.489. The molecule has 0 saturated heterocycles. The van der Waals surface area contributed by atoms with Gasteiger partial charge in [-0.3, -0.25) is 0 Å². The molecule has 0 aliphatic heterocycles. The molecule has 0 aliphatic rings. The molecule has 0 radical (unpaired) electrons. The van der Waals surface area contributed by atoms with E-state index in [1.807, 2.05) is 0 Å². The topological polar surface area (TPSA) is 50.8 Å². The van der Waals surface area contributed by atoms with E-state index < -0.39 is 0 Å². The van der Waals surface area contributed by atoms with Gasteiger partial charge in [-0.25, -0.2) is 0 Å². The predicted molar refractivity (Wildman–Crippen MR) is 36.2 cm³/mol. The lowest BCUT2D eigenvalue weighted by molar-refractivity contribution is 0.146. The molecule has 1 N–H and O–H groups in total. The number of hydrogen-bond donors (Lipinski definition) is 1. The number of hydrogen-bond acceptors (Lipinski definition) is 3. The van der Waals surface area contributed by atoms with E-state index in [0.29, 0.717) is 13.2 Å². The summed E-state index contributed by atoms with van der Waals surface area (Å²) in [6.45, 7) is 4.55. The Morgan fingerprint density at radius 3 is 3.30 bits per heavy atom. The predicted octanol–water partition coefficient (Wildman–Crippen LogP) is 0.507. The van der Waals surface area contributed by atoms with Gasteiger partial charge in [-0.15, -0.1) is 6.58 Å². The van der Waals surface area contributed by atoms with Gasteiger partial charge in [-0.05, 0) is 0 Å². The van der Waals surface area contributed by atoms with Crippen molar-refractivity contribution >= 4 is 0 Å². The number of H-pyrrole nitrogens is 1. The van der Waals surface area contributed by atoms with Crippen LogP contribution in [0.2, 0.25) is 0 Å². The van der Waals surface area contributed by atoms with Gasteiger partial charge < -0.3 is 4.74 Å². The first-order valence-corrected chi connectivity index (χ1v) is 2.97. The van der Waals surface area contributed by atoms with Crippen LogP contribution in [0.15, 0.2) is 18.9 Å². The van der Waals surface area contributed by atoms with Crippen LogP contribution < -0.4 is 0 Å². The fraction of sp³-hybridized carbons (Fsp3) is 0.333. The summed E-state index contributed by atoms with van der Waals surface area (Å²) in [5.41, 5.74) is 0.807. The summed E-state index contributed by atoms with van der Waals surface area (Å²) < 4.78 is 5.09. The van der Waals surface area contributed by atoms with Crippen LogP contribution in [-0.2, 0) is 11.3 Å². The molecule has 0 spiro atoms. The van der Waals surface area contributed by atoms with Crippen LogP contribution >= 0.6 is 0 Å². The molecule has 10 heavy (non-hydrogen) atoms. The molecule has 1 rings (SSSR count). The summed E-state index contributed by atoms with van der Waals surface area (Å²) in [6, 6.07) is 0. The number of ether oxygens (including phenoxy) is 1. The molecule has 0 fully saturated rings. The van der Waals surface area contributed by atoms with E-state index in [-0.39, 0.29) is 0 Å². The molecule has 4 nitrogen and oxygen atoms in total. The van der Waals surface area contributed by atoms with Crippen LogP contribution in [0.25, 0.3) is 0 Å². The van der Waals surface area contributed by atoms with Crippen LogP contribution in [0, 0.1) is 0 Å². The van der Waals surface area contributed by atoms with Gasteiger partial charge in [0.15, 0.2) is 0 Å². The highest BCUT2D eigenvalue weighted by molar-refractivity contribution is 4.87. The van der Waals surface area contributed by atoms with Crippen LogP contribution in [0.5, 0.6) is 0 Å². The molecule has 0 atom stereocenters. The molecule has 54 valence electrons. The van der Waals surface area contributed by atoms with Crippen molar-refractivity contribution in [1.29, 1.82) is 0 Å². The van der Waals surface area contributed by atoms with Gasteiger partial charge in [0.2, 0.25) is 0 Å². The largest absolute Gasteiger partial charge is 0.371 e. The zero-order valence-electron chi connectivity index (χ0n) is 5.58. The van der Waals surface area contributed by atoms with Crippen LogP contribution in [0.3, 0.4) is 0 Å². The maximum Gasteiger partial charge on any atom is 0.108 e. The first kappa shape index (κ1) is 6.95. The molecule has 1 aromatic heterocycles. The van der Waals surface area contributed by atoms with E-state index in [4.69, 9.17) is 4.74 Å². The van der Waals surface area contributed by atoms with Crippen LogP contribution in [0.1, 0.15) is 5.69 Å². The second-order valence-electron chi connectivity index (χ2n) is 1.77. The average molecular weight is 139 g/mol. The molecular weight excluding hydrogens is 130 g/mol. The van der Waals surface area contributed by atoms with E-state index in [0.717, 1.165) is 5.69 Å². The van der Waals surface area contributed by atoms with E-state index in [1.54, 1.807) is 12.3 Å². The Kier molecular flexibility index (Phi) is 2.63. The minimum Gasteiger partial charge on any atom is -0.371 e. The van der Waals surface area contributed by atoms with E-state index in [2.05, 4.69) is 22.0 Å². The summed E-state index contributed by atoms with van der Waals surface area (Å²) >= 11 is 0. The molecule has 4 heteroatoms. The Hall–Kier alpha value is -1.16. The summed E-state index contributed by atoms with van der Waals surface area (Å²) in [5, 5.41) is 9.90. The molecule has 0 unspecified atom stereocenters. The number of aromatic amines is 1. The lowest BCUT2D eigenvalue weighted by Crippen LogP contribution is -1.92. The van der Waals surface area contributed by atoms with Crippen molar-refractivity contribution in [2.75, 3.05) is 6.61 Å². The van der Waals surface area contributed by atoms with Crippen molar-refractivity contribution in [3.8, 4) is 0 Å². The van der Waals surface area contributed by atoms with Crippen LogP contribution in [-0.4, -0.2) is 22.0 Å². The maximum atomic E-state index is 5.09. The highest BCUT2D eigenvalue weighted by Gasteiger charge is 1.92. The molecule has 0 aromatic carbocycles. The van der Waals surface area contributed by atoms with Crippen molar-refractivity contribution in [3.63, 3.8) is 0 Å². The minimum absolute atomic E-state index is 0.489. The van der Waals surface area contributed by atoms with Gasteiger partial charge in [-0.2, -0.15) is 15.4 Å². The zero-order valence-corrected chi connectivity index (χ0v) is 5.58. The highest BCUT2D eigenvalue weighted by atomic mass is 16.5. The number of rotatable bonds is 4. The van der Waals surface area contributed by atoms with Gasteiger partial charge in [0.05, 0.1) is 19.4 Å². The van der Waals surface area contributed by atoms with Crippen molar-refractivity contribution in [3.05, 3.63) is 24.5 Å². The van der Waals surface area contributed by atoms with Gasteiger partial charge in [-0.1, -0.05) is 6.08 Å². The average Bonchev–Trinajstić information content (AvgIpc) is 2.41. The molecular formula is C6H9N3O. The molecule has 1 aromatic rings. The summed E-state index contributed by atoms with van der Waals surface area (Å²) in [7, 11) is 0. The third-order valence-corrected chi connectivity index (χ3v) is 0.951. The molecule has 0 saturated carbocycles. The van der Waals surface area contributed by atoms with Crippen molar-refractivity contribution in [1.82, 2.24) is 15.4 Å². The quantitative estimate of drug-likeness (QED) is 0.488. The normalized spacial score (nSPS) is 9.60. The van der Waals surface area contributed by atoms with E-state index in [9.17, 15) is 0 Å². The number of aromatic nitrogens is 3.